The smallest absolute Gasteiger partial charge is 0.0476 e. The van der Waals surface area contributed by atoms with Crippen LogP contribution in [-0.2, 0) is 0 Å². The third kappa shape index (κ3) is 9.72. The number of nitrogens with one attached hydrogen (secondary N) is 4. The fraction of sp³-hybridized carbons (Fsp3) is 0.388. The first-order valence-corrected chi connectivity index (χ1v) is 20.5. The minimum absolute atomic E-state index is 0.153. The highest BCUT2D eigenvalue weighted by Gasteiger charge is 2.25. The number of hydrogen-bond donors (Lipinski definition) is 4. The van der Waals surface area contributed by atoms with Crippen molar-refractivity contribution in [3.05, 3.63) is 167 Å². The minimum atomic E-state index is 0.153. The number of rotatable bonds is 14. The monoisotopic (exact) mass is 704 g/mol. The van der Waals surface area contributed by atoms with Gasteiger partial charge in [0.2, 0.25) is 0 Å². The lowest BCUT2D eigenvalue weighted by Gasteiger charge is -2.32. The summed E-state index contributed by atoms with van der Waals surface area (Å²) in [7, 11) is 2.14. The molecule has 2 aromatic rings. The molecular formula is C49H60N4. The van der Waals surface area contributed by atoms with Crippen LogP contribution in [0.15, 0.2) is 155 Å². The average molecular weight is 705 g/mol. The molecule has 0 spiro atoms. The summed E-state index contributed by atoms with van der Waals surface area (Å²) in [5, 5.41) is 15.5. The molecule has 0 bridgehead atoms. The summed E-state index contributed by atoms with van der Waals surface area (Å²) in [6, 6.07) is 22.4. The van der Waals surface area contributed by atoms with Crippen LogP contribution in [0.3, 0.4) is 0 Å². The molecule has 276 valence electrons. The molecule has 0 saturated heterocycles. The Bertz CT molecular complexity index is 1830. The average Bonchev–Trinajstić information content (AvgIpc) is 3.22. The molecule has 2 aromatic carbocycles. The third-order valence-electron chi connectivity index (χ3n) is 11.7. The Balaban J connectivity index is 1.18. The van der Waals surface area contributed by atoms with E-state index in [9.17, 15) is 0 Å². The van der Waals surface area contributed by atoms with Crippen molar-refractivity contribution in [2.24, 2.45) is 11.8 Å². The maximum atomic E-state index is 4.03. The van der Waals surface area contributed by atoms with Gasteiger partial charge in [0, 0.05) is 40.4 Å². The molecule has 53 heavy (non-hydrogen) atoms. The van der Waals surface area contributed by atoms with Gasteiger partial charge in [0.25, 0.3) is 0 Å². The van der Waals surface area contributed by atoms with E-state index >= 15 is 0 Å². The molecule has 0 aromatic heterocycles. The molecule has 0 aliphatic heterocycles. The predicted molar refractivity (Wildman–Crippen MR) is 225 cm³/mol. The topological polar surface area (TPSA) is 48.1 Å². The molecule has 0 saturated carbocycles. The highest BCUT2D eigenvalue weighted by molar-refractivity contribution is 5.80. The van der Waals surface area contributed by atoms with Crippen LogP contribution in [0.25, 0.3) is 11.1 Å². The van der Waals surface area contributed by atoms with Gasteiger partial charge in [0.05, 0.1) is 0 Å². The van der Waals surface area contributed by atoms with Crippen molar-refractivity contribution in [3.63, 3.8) is 0 Å². The van der Waals surface area contributed by atoms with E-state index in [0.29, 0.717) is 17.9 Å². The van der Waals surface area contributed by atoms with E-state index in [1.165, 1.54) is 88.3 Å². The second kappa shape index (κ2) is 18.5. The van der Waals surface area contributed by atoms with Gasteiger partial charge in [-0.3, -0.25) is 0 Å². The fourth-order valence-corrected chi connectivity index (χ4v) is 8.69. The highest BCUT2D eigenvalue weighted by atomic mass is 15.0. The molecule has 7 rings (SSSR count). The van der Waals surface area contributed by atoms with E-state index < -0.39 is 0 Å². The normalized spacial score (nSPS) is 23.2. The summed E-state index contributed by atoms with van der Waals surface area (Å²) in [5.74, 6) is 1.21. The molecule has 4 nitrogen and oxygen atoms in total. The first-order chi connectivity index (χ1) is 26.1. The number of benzene rings is 2. The third-order valence-corrected chi connectivity index (χ3v) is 11.7. The lowest BCUT2D eigenvalue weighted by Crippen LogP contribution is -2.41. The molecule has 0 amide bonds. The van der Waals surface area contributed by atoms with Crippen LogP contribution < -0.4 is 21.3 Å². The zero-order chi connectivity index (χ0) is 36.2. The minimum Gasteiger partial charge on any atom is -0.378 e. The van der Waals surface area contributed by atoms with Crippen molar-refractivity contribution in [1.82, 2.24) is 21.3 Å². The maximum absolute atomic E-state index is 4.03. The Kier molecular flexibility index (Phi) is 12.8. The fourth-order valence-electron chi connectivity index (χ4n) is 8.69. The SMILES string of the molecule is CNC(CC(/C=C/NC1=C(c2ccccc2)C=C(C2=C(NC3=CCCCC3)CCC=C2)CC1)NC1=C(c2ccccc2)CCC=C1)C1C=CC(C)CC1. The number of allylic oxidation sites excluding steroid dienone is 14. The van der Waals surface area contributed by atoms with Crippen molar-refractivity contribution in [3.8, 4) is 0 Å². The van der Waals surface area contributed by atoms with Crippen LogP contribution >= 0.6 is 0 Å². The Labute approximate surface area is 319 Å². The molecule has 4 heteroatoms. The van der Waals surface area contributed by atoms with Gasteiger partial charge < -0.3 is 21.3 Å². The summed E-state index contributed by atoms with van der Waals surface area (Å²) < 4.78 is 0. The van der Waals surface area contributed by atoms with Crippen LogP contribution in [-0.4, -0.2) is 19.1 Å². The molecule has 4 N–H and O–H groups in total. The van der Waals surface area contributed by atoms with E-state index in [1.807, 2.05) is 0 Å². The van der Waals surface area contributed by atoms with Crippen LogP contribution in [0, 0.1) is 11.8 Å². The lowest BCUT2D eigenvalue weighted by atomic mass is 9.82. The summed E-state index contributed by atoms with van der Waals surface area (Å²) in [6.45, 7) is 2.34. The second-order valence-corrected chi connectivity index (χ2v) is 15.5. The van der Waals surface area contributed by atoms with Gasteiger partial charge >= 0.3 is 0 Å². The summed E-state index contributed by atoms with van der Waals surface area (Å²) in [6.07, 6.45) is 38.5. The largest absolute Gasteiger partial charge is 0.378 e. The second-order valence-electron chi connectivity index (χ2n) is 15.5. The van der Waals surface area contributed by atoms with Crippen LogP contribution in [0.1, 0.15) is 102 Å². The molecule has 4 unspecified atom stereocenters. The number of hydrogen-bond acceptors (Lipinski definition) is 4. The van der Waals surface area contributed by atoms with Crippen LogP contribution in [0.5, 0.6) is 0 Å². The van der Waals surface area contributed by atoms with Gasteiger partial charge in [0.15, 0.2) is 0 Å². The molecule has 4 atom stereocenters. The van der Waals surface area contributed by atoms with E-state index in [-0.39, 0.29) is 6.04 Å². The maximum Gasteiger partial charge on any atom is 0.0476 e. The Morgan fingerprint density at radius 3 is 2.30 bits per heavy atom. The quantitative estimate of drug-likeness (QED) is 0.148. The van der Waals surface area contributed by atoms with Crippen molar-refractivity contribution >= 4 is 11.1 Å². The van der Waals surface area contributed by atoms with E-state index in [1.54, 1.807) is 0 Å². The van der Waals surface area contributed by atoms with Gasteiger partial charge in [-0.25, -0.2) is 0 Å². The van der Waals surface area contributed by atoms with Crippen molar-refractivity contribution in [1.29, 1.82) is 0 Å². The molecule has 5 aliphatic carbocycles. The van der Waals surface area contributed by atoms with Gasteiger partial charge in [-0.15, -0.1) is 0 Å². The van der Waals surface area contributed by atoms with Crippen molar-refractivity contribution in [2.75, 3.05) is 7.05 Å². The molecule has 0 radical (unpaired) electrons. The molecule has 5 aliphatic rings. The van der Waals surface area contributed by atoms with Crippen molar-refractivity contribution < 1.29 is 0 Å². The Morgan fingerprint density at radius 1 is 0.755 bits per heavy atom. The van der Waals surface area contributed by atoms with E-state index in [4.69, 9.17) is 0 Å². The van der Waals surface area contributed by atoms with Gasteiger partial charge in [-0.2, -0.15) is 0 Å². The zero-order valence-corrected chi connectivity index (χ0v) is 32.0. The highest BCUT2D eigenvalue weighted by Crippen LogP contribution is 2.37. The zero-order valence-electron chi connectivity index (χ0n) is 32.0. The van der Waals surface area contributed by atoms with Gasteiger partial charge in [-0.1, -0.05) is 104 Å². The first-order valence-electron chi connectivity index (χ1n) is 20.5. The van der Waals surface area contributed by atoms with E-state index in [2.05, 4.69) is 157 Å². The molecule has 0 fully saturated rings. The van der Waals surface area contributed by atoms with Gasteiger partial charge in [0.1, 0.15) is 0 Å². The summed E-state index contributed by atoms with van der Waals surface area (Å²) in [5.41, 5.74) is 13.4. The molecular weight excluding hydrogens is 645 g/mol. The van der Waals surface area contributed by atoms with Crippen LogP contribution in [0.4, 0.5) is 0 Å². The standard InChI is InChI=1S/C49H60N4/c1-36-26-28-39(29-27-36)49(50-2)35-42(53-47-24-14-12-22-43(47)37-16-6-3-7-17-37)32-33-51-46-31-30-40(34-45(46)38-18-8-4-9-19-38)44-23-13-15-25-48(44)52-41-20-10-5-11-21-41/h3-4,6-9,13-14,16-20,23-24,26,28,32-34,36,39,42,49-53H,5,10-12,15,21-22,25,27,29-31,35H2,1-2H3/b33-32+. The summed E-state index contributed by atoms with van der Waals surface area (Å²) >= 11 is 0. The van der Waals surface area contributed by atoms with Crippen molar-refractivity contribution in [2.45, 2.75) is 102 Å². The molecule has 0 heterocycles. The summed E-state index contributed by atoms with van der Waals surface area (Å²) in [4.78, 5) is 0. The van der Waals surface area contributed by atoms with Gasteiger partial charge in [-0.05, 0) is 155 Å². The predicted octanol–water partition coefficient (Wildman–Crippen LogP) is 11.2. The Morgan fingerprint density at radius 2 is 1.55 bits per heavy atom. The lowest BCUT2D eigenvalue weighted by molar-refractivity contribution is 0.340. The van der Waals surface area contributed by atoms with E-state index in [0.717, 1.165) is 51.4 Å². The van der Waals surface area contributed by atoms with Crippen LogP contribution in [0.2, 0.25) is 0 Å². The first kappa shape index (κ1) is 36.8. The Hall–Kier alpha value is -4.54.